The summed E-state index contributed by atoms with van der Waals surface area (Å²) in [6, 6.07) is 8.15. The van der Waals surface area contributed by atoms with Crippen molar-refractivity contribution in [3.8, 4) is 0 Å². The Bertz CT molecular complexity index is 768. The lowest BCUT2D eigenvalue weighted by atomic mass is 9.96. The summed E-state index contributed by atoms with van der Waals surface area (Å²) in [6.45, 7) is 7.09. The molecule has 1 aliphatic rings. The predicted octanol–water partition coefficient (Wildman–Crippen LogP) is 3.72. The van der Waals surface area contributed by atoms with Gasteiger partial charge in [0.2, 0.25) is 0 Å². The van der Waals surface area contributed by atoms with E-state index in [2.05, 4.69) is 44.6 Å². The van der Waals surface area contributed by atoms with Gasteiger partial charge in [0.25, 0.3) is 0 Å². The molecule has 1 saturated heterocycles. The number of hydrogen-bond donors (Lipinski definition) is 2. The highest BCUT2D eigenvalue weighted by atomic mass is 35.5. The molecule has 1 fully saturated rings. The maximum Gasteiger partial charge on any atom is 0.190 e. The third-order valence-corrected chi connectivity index (χ3v) is 6.48. The average molecular weight is 420 g/mol. The quantitative estimate of drug-likeness (QED) is 0.530. The van der Waals surface area contributed by atoms with Gasteiger partial charge in [-0.15, -0.1) is 11.3 Å². The minimum Gasteiger partial charge on any atom is -0.356 e. The van der Waals surface area contributed by atoms with Crippen molar-refractivity contribution in [2.45, 2.75) is 32.7 Å². The van der Waals surface area contributed by atoms with E-state index in [4.69, 9.17) is 11.6 Å². The Morgan fingerprint density at radius 2 is 2.07 bits per heavy atom. The zero-order valence-corrected chi connectivity index (χ0v) is 18.3. The van der Waals surface area contributed by atoms with Crippen LogP contribution in [0.15, 0.2) is 35.5 Å². The fourth-order valence-electron chi connectivity index (χ4n) is 3.48. The minimum absolute atomic E-state index is 0.683. The number of benzene rings is 1. The van der Waals surface area contributed by atoms with Crippen LogP contribution in [0, 0.1) is 12.8 Å². The molecule has 0 bridgehead atoms. The summed E-state index contributed by atoms with van der Waals surface area (Å²) in [4.78, 5) is 12.5. The lowest BCUT2D eigenvalue weighted by Gasteiger charge is -2.32. The van der Waals surface area contributed by atoms with Crippen molar-refractivity contribution in [1.82, 2.24) is 20.5 Å². The maximum atomic E-state index is 6.29. The van der Waals surface area contributed by atoms with Gasteiger partial charge in [0.05, 0.1) is 5.01 Å². The van der Waals surface area contributed by atoms with Crippen LogP contribution in [0.3, 0.4) is 0 Å². The zero-order chi connectivity index (χ0) is 19.8. The summed E-state index contributed by atoms with van der Waals surface area (Å²) in [5.41, 5.74) is 1.22. The molecule has 0 amide bonds. The topological polar surface area (TPSA) is 52.6 Å². The zero-order valence-electron chi connectivity index (χ0n) is 16.7. The second kappa shape index (κ2) is 10.8. The highest BCUT2D eigenvalue weighted by Gasteiger charge is 2.20. The van der Waals surface area contributed by atoms with Crippen molar-refractivity contribution in [2.24, 2.45) is 10.9 Å². The SMILES string of the molecule is CN=C(NCCc1ncc(C)s1)NCC1CCN(Cc2ccccc2Cl)CC1. The molecule has 1 aromatic carbocycles. The van der Waals surface area contributed by atoms with Gasteiger partial charge in [0, 0.05) is 49.2 Å². The minimum atomic E-state index is 0.683. The van der Waals surface area contributed by atoms with Gasteiger partial charge in [-0.05, 0) is 50.4 Å². The van der Waals surface area contributed by atoms with E-state index in [1.165, 1.54) is 28.3 Å². The number of hydrogen-bond acceptors (Lipinski definition) is 4. The van der Waals surface area contributed by atoms with Crippen LogP contribution >= 0.6 is 22.9 Å². The number of likely N-dealkylation sites (tertiary alicyclic amines) is 1. The van der Waals surface area contributed by atoms with E-state index in [1.807, 2.05) is 25.4 Å². The van der Waals surface area contributed by atoms with Gasteiger partial charge in [0.1, 0.15) is 0 Å². The van der Waals surface area contributed by atoms with Gasteiger partial charge in [-0.25, -0.2) is 4.98 Å². The van der Waals surface area contributed by atoms with Crippen molar-refractivity contribution >= 4 is 28.9 Å². The smallest absolute Gasteiger partial charge is 0.190 e. The molecule has 0 spiro atoms. The van der Waals surface area contributed by atoms with Gasteiger partial charge in [0.15, 0.2) is 5.96 Å². The van der Waals surface area contributed by atoms with Gasteiger partial charge in [-0.1, -0.05) is 29.8 Å². The molecule has 0 saturated carbocycles. The van der Waals surface area contributed by atoms with Crippen LogP contribution in [0.25, 0.3) is 0 Å². The van der Waals surface area contributed by atoms with Crippen LogP contribution in [-0.2, 0) is 13.0 Å². The molecule has 0 aliphatic carbocycles. The lowest BCUT2D eigenvalue weighted by molar-refractivity contribution is 0.178. The first-order valence-corrected chi connectivity index (χ1v) is 11.1. The molecule has 5 nitrogen and oxygen atoms in total. The molecular formula is C21H30ClN5S. The highest BCUT2D eigenvalue weighted by Crippen LogP contribution is 2.22. The van der Waals surface area contributed by atoms with E-state index in [0.29, 0.717) is 5.92 Å². The Kier molecular flexibility index (Phi) is 8.13. The number of aliphatic imine (C=N–C) groups is 1. The number of aromatic nitrogens is 1. The molecule has 0 atom stereocenters. The standard InChI is InChI=1S/C21H30ClN5S/c1-16-13-25-20(28-16)7-10-24-21(23-2)26-14-17-8-11-27(12-9-17)15-18-5-3-4-6-19(18)22/h3-6,13,17H,7-12,14-15H2,1-2H3,(H2,23,24,26). The molecule has 2 aromatic rings. The number of nitrogens with one attached hydrogen (secondary N) is 2. The molecule has 1 aromatic heterocycles. The molecule has 2 heterocycles. The number of nitrogens with zero attached hydrogens (tertiary/aromatic N) is 3. The molecule has 0 unspecified atom stereocenters. The molecule has 28 heavy (non-hydrogen) atoms. The van der Waals surface area contributed by atoms with Crippen LogP contribution in [0.4, 0.5) is 0 Å². The van der Waals surface area contributed by atoms with Crippen molar-refractivity contribution in [2.75, 3.05) is 33.2 Å². The van der Waals surface area contributed by atoms with E-state index in [0.717, 1.165) is 50.1 Å². The summed E-state index contributed by atoms with van der Waals surface area (Å²) in [6.07, 6.45) is 5.27. The first-order valence-electron chi connectivity index (χ1n) is 9.95. The Morgan fingerprint density at radius 1 is 1.29 bits per heavy atom. The Balaban J connectivity index is 1.34. The number of aryl methyl sites for hydroxylation is 1. The van der Waals surface area contributed by atoms with E-state index in [-0.39, 0.29) is 0 Å². The van der Waals surface area contributed by atoms with Crippen LogP contribution < -0.4 is 10.6 Å². The Morgan fingerprint density at radius 3 is 2.75 bits per heavy atom. The van der Waals surface area contributed by atoms with E-state index >= 15 is 0 Å². The lowest BCUT2D eigenvalue weighted by Crippen LogP contribution is -2.43. The monoisotopic (exact) mass is 419 g/mol. The van der Waals surface area contributed by atoms with Crippen LogP contribution in [0.2, 0.25) is 5.02 Å². The molecular weight excluding hydrogens is 390 g/mol. The highest BCUT2D eigenvalue weighted by molar-refractivity contribution is 7.11. The van der Waals surface area contributed by atoms with Gasteiger partial charge in [-0.3, -0.25) is 9.89 Å². The summed E-state index contributed by atoms with van der Waals surface area (Å²) < 4.78 is 0. The van der Waals surface area contributed by atoms with Crippen molar-refractivity contribution in [1.29, 1.82) is 0 Å². The fourth-order valence-corrected chi connectivity index (χ4v) is 4.46. The largest absolute Gasteiger partial charge is 0.356 e. The van der Waals surface area contributed by atoms with Crippen molar-refractivity contribution in [3.63, 3.8) is 0 Å². The predicted molar refractivity (Wildman–Crippen MR) is 119 cm³/mol. The number of thiazole rings is 1. The van der Waals surface area contributed by atoms with Crippen LogP contribution in [0.5, 0.6) is 0 Å². The molecule has 152 valence electrons. The van der Waals surface area contributed by atoms with Gasteiger partial charge in [-0.2, -0.15) is 0 Å². The normalized spacial score (nSPS) is 16.3. The van der Waals surface area contributed by atoms with Crippen LogP contribution in [-0.4, -0.2) is 49.1 Å². The fraction of sp³-hybridized carbons (Fsp3) is 0.524. The first kappa shape index (κ1) is 21.1. The number of halogens is 1. The number of rotatable bonds is 7. The third kappa shape index (κ3) is 6.47. The second-order valence-electron chi connectivity index (χ2n) is 7.31. The summed E-state index contributed by atoms with van der Waals surface area (Å²) in [5.74, 6) is 1.56. The summed E-state index contributed by atoms with van der Waals surface area (Å²) >= 11 is 8.05. The first-order chi connectivity index (χ1) is 13.6. The second-order valence-corrected chi connectivity index (χ2v) is 9.03. The molecule has 2 N–H and O–H groups in total. The Labute approximate surface area is 177 Å². The van der Waals surface area contributed by atoms with Gasteiger partial charge < -0.3 is 10.6 Å². The van der Waals surface area contributed by atoms with E-state index in [9.17, 15) is 0 Å². The van der Waals surface area contributed by atoms with Crippen molar-refractivity contribution in [3.05, 3.63) is 50.9 Å². The number of guanidine groups is 1. The average Bonchev–Trinajstić information content (AvgIpc) is 3.12. The van der Waals surface area contributed by atoms with Crippen LogP contribution in [0.1, 0.15) is 28.3 Å². The maximum absolute atomic E-state index is 6.29. The summed E-state index contributed by atoms with van der Waals surface area (Å²) in [5, 5.41) is 8.92. The van der Waals surface area contributed by atoms with Gasteiger partial charge >= 0.3 is 0 Å². The molecule has 1 aliphatic heterocycles. The van der Waals surface area contributed by atoms with Crippen molar-refractivity contribution < 1.29 is 0 Å². The molecule has 7 heteroatoms. The van der Waals surface area contributed by atoms with E-state index in [1.54, 1.807) is 11.3 Å². The van der Waals surface area contributed by atoms with E-state index < -0.39 is 0 Å². The molecule has 3 rings (SSSR count). The Hall–Kier alpha value is -1.63. The number of piperidine rings is 1. The molecule has 0 radical (unpaired) electrons. The third-order valence-electron chi connectivity index (χ3n) is 5.14. The summed E-state index contributed by atoms with van der Waals surface area (Å²) in [7, 11) is 1.83.